The zero-order valence-corrected chi connectivity index (χ0v) is 14.9. The second kappa shape index (κ2) is 7.74. The van der Waals surface area contributed by atoms with Gasteiger partial charge >= 0.3 is 0 Å². The lowest BCUT2D eigenvalue weighted by atomic mass is 9.64. The van der Waals surface area contributed by atoms with Crippen LogP contribution in [0.1, 0.15) is 35.2 Å². The number of carbonyl (C=O) groups is 2. The maximum absolute atomic E-state index is 12.7. The molecule has 130 valence electrons. The van der Waals surface area contributed by atoms with Crippen molar-refractivity contribution in [3.8, 4) is 0 Å². The third kappa shape index (κ3) is 4.04. The Balaban J connectivity index is 1.69. The predicted molar refractivity (Wildman–Crippen MR) is 101 cm³/mol. The van der Waals surface area contributed by atoms with E-state index < -0.39 is 5.91 Å². The Morgan fingerprint density at radius 2 is 1.72 bits per heavy atom. The molecule has 2 amide bonds. The Kier molecular flexibility index (Phi) is 5.43. The molecule has 1 aliphatic carbocycles. The average Bonchev–Trinajstić information content (AvgIpc) is 2.60. The third-order valence-electron chi connectivity index (χ3n) is 4.79. The molecule has 2 aromatic carbocycles. The molecule has 0 bridgehead atoms. The summed E-state index contributed by atoms with van der Waals surface area (Å²) in [5, 5.41) is 3.10. The molecule has 0 unspecified atom stereocenters. The smallest absolute Gasteiger partial charge is 0.252 e. The number of hydrogen-bond donors (Lipinski definition) is 2. The number of rotatable bonds is 7. The van der Waals surface area contributed by atoms with E-state index in [-0.39, 0.29) is 17.1 Å². The zero-order chi connectivity index (χ0) is 17.7. The summed E-state index contributed by atoms with van der Waals surface area (Å²) >= 11 is 1.30. The number of nitrogens with one attached hydrogen (secondary N) is 1. The minimum absolute atomic E-state index is 0.0478. The van der Waals surface area contributed by atoms with E-state index in [9.17, 15) is 9.59 Å². The van der Waals surface area contributed by atoms with Crippen LogP contribution in [0, 0.1) is 0 Å². The highest BCUT2D eigenvalue weighted by Gasteiger charge is 2.38. The van der Waals surface area contributed by atoms with Gasteiger partial charge in [0.1, 0.15) is 0 Å². The van der Waals surface area contributed by atoms with Gasteiger partial charge in [-0.2, -0.15) is 0 Å². The van der Waals surface area contributed by atoms with E-state index in [0.29, 0.717) is 12.1 Å². The Hall–Kier alpha value is -2.27. The molecule has 0 radical (unpaired) electrons. The van der Waals surface area contributed by atoms with Gasteiger partial charge in [-0.1, -0.05) is 48.9 Å². The monoisotopic (exact) mass is 354 g/mol. The summed E-state index contributed by atoms with van der Waals surface area (Å²) in [5.74, 6) is -0.328. The number of carbonyl (C=O) groups excluding carboxylic acids is 2. The fourth-order valence-corrected chi connectivity index (χ4v) is 4.03. The van der Waals surface area contributed by atoms with Gasteiger partial charge in [0.25, 0.3) is 5.91 Å². The summed E-state index contributed by atoms with van der Waals surface area (Å²) in [4.78, 5) is 24.5. The van der Waals surface area contributed by atoms with Crippen LogP contribution in [-0.4, -0.2) is 24.1 Å². The largest absolute Gasteiger partial charge is 0.369 e. The van der Waals surface area contributed by atoms with Gasteiger partial charge in [-0.3, -0.25) is 9.59 Å². The van der Waals surface area contributed by atoms with Crippen molar-refractivity contribution in [1.29, 1.82) is 0 Å². The molecule has 3 rings (SSSR count). The van der Waals surface area contributed by atoms with E-state index in [4.69, 9.17) is 5.73 Å². The quantitative estimate of drug-likeness (QED) is 0.751. The predicted octanol–water partition coefficient (Wildman–Crippen LogP) is 3.12. The topological polar surface area (TPSA) is 72.2 Å². The lowest BCUT2D eigenvalue weighted by Crippen LogP contribution is -2.45. The lowest BCUT2D eigenvalue weighted by molar-refractivity contribution is -0.115. The molecule has 1 fully saturated rings. The molecule has 0 aromatic heterocycles. The van der Waals surface area contributed by atoms with Crippen LogP contribution in [0.4, 0.5) is 0 Å². The van der Waals surface area contributed by atoms with Crippen molar-refractivity contribution in [2.45, 2.75) is 29.6 Å². The van der Waals surface area contributed by atoms with E-state index in [1.807, 2.05) is 36.4 Å². The van der Waals surface area contributed by atoms with Gasteiger partial charge in [-0.15, -0.1) is 11.8 Å². The maximum Gasteiger partial charge on any atom is 0.252 e. The van der Waals surface area contributed by atoms with Crippen LogP contribution < -0.4 is 11.1 Å². The van der Waals surface area contributed by atoms with Crippen molar-refractivity contribution in [3.05, 3.63) is 65.7 Å². The molecular weight excluding hydrogens is 332 g/mol. The van der Waals surface area contributed by atoms with Crippen LogP contribution in [0.15, 0.2) is 59.5 Å². The van der Waals surface area contributed by atoms with Crippen LogP contribution in [0.5, 0.6) is 0 Å². The molecule has 0 saturated heterocycles. The van der Waals surface area contributed by atoms with Crippen molar-refractivity contribution in [2.75, 3.05) is 12.3 Å². The summed E-state index contributed by atoms with van der Waals surface area (Å²) in [5.41, 5.74) is 7.14. The van der Waals surface area contributed by atoms with Crippen LogP contribution in [0.2, 0.25) is 0 Å². The van der Waals surface area contributed by atoms with E-state index in [0.717, 1.165) is 17.7 Å². The Labute approximate surface area is 152 Å². The summed E-state index contributed by atoms with van der Waals surface area (Å²) in [6.07, 6.45) is 3.38. The molecular formula is C20H22N2O2S. The molecule has 1 aliphatic rings. The van der Waals surface area contributed by atoms with Crippen molar-refractivity contribution >= 4 is 23.6 Å². The summed E-state index contributed by atoms with van der Waals surface area (Å²) in [7, 11) is 0. The van der Waals surface area contributed by atoms with Crippen LogP contribution >= 0.6 is 11.8 Å². The van der Waals surface area contributed by atoms with Gasteiger partial charge in [0.05, 0.1) is 11.3 Å². The zero-order valence-electron chi connectivity index (χ0n) is 14.0. The summed E-state index contributed by atoms with van der Waals surface area (Å²) in [6, 6.07) is 17.7. The lowest BCUT2D eigenvalue weighted by Gasteiger charge is -2.42. The van der Waals surface area contributed by atoms with E-state index >= 15 is 0 Å². The first kappa shape index (κ1) is 17.5. The second-order valence-electron chi connectivity index (χ2n) is 6.43. The number of amides is 2. The molecule has 2 aromatic rings. The van der Waals surface area contributed by atoms with Crippen molar-refractivity contribution in [3.63, 3.8) is 0 Å². The summed E-state index contributed by atoms with van der Waals surface area (Å²) < 4.78 is 0. The maximum atomic E-state index is 12.7. The highest BCUT2D eigenvalue weighted by atomic mass is 32.2. The first-order chi connectivity index (χ1) is 12.1. The van der Waals surface area contributed by atoms with Gasteiger partial charge in [0.2, 0.25) is 5.91 Å². The normalized spacial score (nSPS) is 15.2. The van der Waals surface area contributed by atoms with Gasteiger partial charge in [-0.25, -0.2) is 0 Å². The number of hydrogen-bond acceptors (Lipinski definition) is 3. The van der Waals surface area contributed by atoms with Crippen molar-refractivity contribution in [1.82, 2.24) is 5.32 Å². The molecule has 0 atom stereocenters. The molecule has 4 nitrogen and oxygen atoms in total. The molecule has 25 heavy (non-hydrogen) atoms. The van der Waals surface area contributed by atoms with Crippen LogP contribution in [0.25, 0.3) is 0 Å². The van der Waals surface area contributed by atoms with E-state index in [1.165, 1.54) is 23.7 Å². The molecule has 5 heteroatoms. The van der Waals surface area contributed by atoms with Gasteiger partial charge in [0, 0.05) is 16.9 Å². The average molecular weight is 354 g/mol. The fraction of sp³-hybridized carbons (Fsp3) is 0.300. The minimum atomic E-state index is -0.391. The first-order valence-electron chi connectivity index (χ1n) is 8.45. The van der Waals surface area contributed by atoms with Crippen molar-refractivity contribution in [2.24, 2.45) is 5.73 Å². The third-order valence-corrected chi connectivity index (χ3v) is 5.88. The van der Waals surface area contributed by atoms with E-state index in [1.54, 1.807) is 6.07 Å². The Bertz CT molecular complexity index is 757. The Morgan fingerprint density at radius 1 is 1.04 bits per heavy atom. The first-order valence-corrected chi connectivity index (χ1v) is 9.43. The second-order valence-corrected chi connectivity index (χ2v) is 7.45. The van der Waals surface area contributed by atoms with Crippen LogP contribution in [-0.2, 0) is 10.2 Å². The SMILES string of the molecule is NC(=O)CSc1ccccc1C(=O)NCC1(c2ccccc2)CCC1. The summed E-state index contributed by atoms with van der Waals surface area (Å²) in [6.45, 7) is 0.630. The van der Waals surface area contributed by atoms with Crippen LogP contribution in [0.3, 0.4) is 0 Å². The minimum Gasteiger partial charge on any atom is -0.369 e. The number of benzene rings is 2. The Morgan fingerprint density at radius 3 is 2.36 bits per heavy atom. The fourth-order valence-electron chi connectivity index (χ4n) is 3.24. The molecule has 1 saturated carbocycles. The number of thioether (sulfide) groups is 1. The highest BCUT2D eigenvalue weighted by molar-refractivity contribution is 8.00. The highest BCUT2D eigenvalue weighted by Crippen LogP contribution is 2.43. The molecule has 0 heterocycles. The number of primary amides is 1. The van der Waals surface area contributed by atoms with Crippen molar-refractivity contribution < 1.29 is 9.59 Å². The van der Waals surface area contributed by atoms with E-state index in [2.05, 4.69) is 17.4 Å². The molecule has 0 aliphatic heterocycles. The standard InChI is InChI=1S/C20H22N2O2S/c21-18(23)13-25-17-10-5-4-9-16(17)19(24)22-14-20(11-6-12-20)15-7-2-1-3-8-15/h1-5,7-10H,6,11-14H2,(H2,21,23)(H,22,24). The molecule has 0 spiro atoms. The van der Waals surface area contributed by atoms with Gasteiger partial charge in [-0.05, 0) is 30.5 Å². The number of nitrogens with two attached hydrogens (primary N) is 1. The van der Waals surface area contributed by atoms with Gasteiger partial charge < -0.3 is 11.1 Å². The van der Waals surface area contributed by atoms with Gasteiger partial charge in [0.15, 0.2) is 0 Å². The molecule has 3 N–H and O–H groups in total.